The third-order valence-corrected chi connectivity index (χ3v) is 8.90. The molecule has 3 aromatic carbocycles. The van der Waals surface area contributed by atoms with Gasteiger partial charge in [-0.2, -0.15) is 0 Å². The minimum atomic E-state index is -1.34. The van der Waals surface area contributed by atoms with Crippen LogP contribution in [0.1, 0.15) is 61.4 Å². The minimum Gasteiger partial charge on any atom is -0.493 e. The number of aromatic nitrogens is 1. The molecule has 0 saturated heterocycles. The molecule has 0 saturated carbocycles. The molecule has 0 unspecified atom stereocenters. The monoisotopic (exact) mass is 662 g/mol. The molecule has 5 aromatic rings. The molecule has 3 heterocycles. The van der Waals surface area contributed by atoms with Crippen molar-refractivity contribution in [3.63, 3.8) is 0 Å². The van der Waals surface area contributed by atoms with Gasteiger partial charge in [0.1, 0.15) is 23.8 Å². The second-order valence-corrected chi connectivity index (χ2v) is 12.1. The Labute approximate surface area is 281 Å². The third-order valence-electron chi connectivity index (χ3n) is 7.91. The highest BCUT2D eigenvalue weighted by atomic mass is 32.1. The summed E-state index contributed by atoms with van der Waals surface area (Å²) in [6.07, 6.45) is 1.40. The standard InChI is InChI=1S/C37H34N4O6S/c1-2-14-39-36(43)30-11-9-25(33(40-30)37(44)45)26-19-31-28(34-24(12-15-46-31)13-16-48-34)18-27(26)35(42)41-29-10-8-23(20-38)17-32(29)47-21-22-6-4-3-5-7-22/h3-11,13,16-19H,2,12,14-15,20-21,38H2,1H3,(H,39,43)(H,41,42)(H,44,45). The topological polar surface area (TPSA) is 153 Å². The Morgan fingerprint density at radius 2 is 1.79 bits per heavy atom. The van der Waals surface area contributed by atoms with E-state index in [1.807, 2.05) is 54.8 Å². The number of fused-ring (bicyclic) bond motifs is 3. The van der Waals surface area contributed by atoms with Crippen LogP contribution in [0.5, 0.6) is 11.5 Å². The van der Waals surface area contributed by atoms with Crippen molar-refractivity contribution >= 4 is 34.8 Å². The second-order valence-electron chi connectivity index (χ2n) is 11.2. The van der Waals surface area contributed by atoms with Gasteiger partial charge in [0.05, 0.1) is 12.3 Å². The Morgan fingerprint density at radius 1 is 0.958 bits per heavy atom. The van der Waals surface area contributed by atoms with Crippen molar-refractivity contribution in [3.8, 4) is 33.1 Å². The second kappa shape index (κ2) is 14.5. The van der Waals surface area contributed by atoms with Gasteiger partial charge in [0.25, 0.3) is 11.8 Å². The summed E-state index contributed by atoms with van der Waals surface area (Å²) >= 11 is 1.54. The van der Waals surface area contributed by atoms with Crippen LogP contribution in [-0.4, -0.2) is 41.0 Å². The molecule has 1 aliphatic heterocycles. The number of aromatic carboxylic acids is 1. The molecule has 0 atom stereocenters. The number of anilines is 1. The number of rotatable bonds is 11. The highest BCUT2D eigenvalue weighted by Crippen LogP contribution is 2.43. The molecule has 48 heavy (non-hydrogen) atoms. The lowest BCUT2D eigenvalue weighted by Gasteiger charge is -2.18. The first-order valence-electron chi connectivity index (χ1n) is 15.6. The highest BCUT2D eigenvalue weighted by molar-refractivity contribution is 7.13. The van der Waals surface area contributed by atoms with Gasteiger partial charge in [-0.25, -0.2) is 9.78 Å². The van der Waals surface area contributed by atoms with Gasteiger partial charge in [-0.1, -0.05) is 43.3 Å². The predicted octanol–water partition coefficient (Wildman–Crippen LogP) is 6.54. The molecular formula is C37H34N4O6S. The van der Waals surface area contributed by atoms with E-state index in [9.17, 15) is 19.5 Å². The van der Waals surface area contributed by atoms with Crippen molar-refractivity contribution in [2.24, 2.45) is 5.73 Å². The van der Waals surface area contributed by atoms with E-state index >= 15 is 0 Å². The van der Waals surface area contributed by atoms with E-state index in [0.29, 0.717) is 48.7 Å². The average Bonchev–Trinajstić information content (AvgIpc) is 3.51. The molecule has 0 radical (unpaired) electrons. The van der Waals surface area contributed by atoms with E-state index in [4.69, 9.17) is 15.2 Å². The summed E-state index contributed by atoms with van der Waals surface area (Å²) in [6.45, 7) is 3.30. The molecular weight excluding hydrogens is 628 g/mol. The number of carboxylic acid groups (broad SMARTS) is 1. The first-order valence-corrected chi connectivity index (χ1v) is 16.5. The Balaban J connectivity index is 1.45. The van der Waals surface area contributed by atoms with Crippen LogP contribution in [0.2, 0.25) is 0 Å². The van der Waals surface area contributed by atoms with Crippen LogP contribution in [0.15, 0.2) is 84.2 Å². The van der Waals surface area contributed by atoms with E-state index in [1.165, 1.54) is 12.1 Å². The molecule has 10 nitrogen and oxygen atoms in total. The number of pyridine rings is 1. The minimum absolute atomic E-state index is 0.0370. The largest absolute Gasteiger partial charge is 0.493 e. The fraction of sp³-hybridized carbons (Fsp3) is 0.189. The molecule has 0 spiro atoms. The van der Waals surface area contributed by atoms with Gasteiger partial charge in [0, 0.05) is 46.6 Å². The van der Waals surface area contributed by atoms with E-state index in [-0.39, 0.29) is 35.7 Å². The number of amides is 2. The van der Waals surface area contributed by atoms with E-state index in [1.54, 1.807) is 35.6 Å². The molecule has 0 aliphatic carbocycles. The summed E-state index contributed by atoms with van der Waals surface area (Å²) in [5.74, 6) is -1.37. The maximum Gasteiger partial charge on any atom is 0.355 e. The molecule has 2 aromatic heterocycles. The number of nitrogens with two attached hydrogens (primary N) is 1. The van der Waals surface area contributed by atoms with Crippen molar-refractivity contribution in [2.45, 2.75) is 32.9 Å². The fourth-order valence-electron chi connectivity index (χ4n) is 5.46. The van der Waals surface area contributed by atoms with Crippen molar-refractivity contribution in [3.05, 3.63) is 118 Å². The molecule has 2 amide bonds. The van der Waals surface area contributed by atoms with Crippen molar-refractivity contribution in [2.75, 3.05) is 18.5 Å². The number of nitrogens with one attached hydrogen (secondary N) is 2. The molecule has 1 aliphatic rings. The zero-order chi connectivity index (χ0) is 33.6. The number of carboxylic acids is 1. The zero-order valence-electron chi connectivity index (χ0n) is 26.2. The number of ether oxygens (including phenoxy) is 2. The van der Waals surface area contributed by atoms with Crippen LogP contribution in [-0.2, 0) is 19.6 Å². The van der Waals surface area contributed by atoms with Gasteiger partial charge < -0.3 is 30.9 Å². The van der Waals surface area contributed by atoms with Crippen LogP contribution in [0.4, 0.5) is 5.69 Å². The van der Waals surface area contributed by atoms with Crippen LogP contribution in [0.25, 0.3) is 21.6 Å². The Bertz CT molecular complexity index is 1990. The van der Waals surface area contributed by atoms with E-state index < -0.39 is 17.8 Å². The first kappa shape index (κ1) is 32.4. The lowest BCUT2D eigenvalue weighted by Crippen LogP contribution is -2.25. The van der Waals surface area contributed by atoms with Gasteiger partial charge in [-0.05, 0) is 71.0 Å². The van der Waals surface area contributed by atoms with Crippen LogP contribution >= 0.6 is 11.3 Å². The number of hydrogen-bond acceptors (Lipinski definition) is 8. The number of carbonyl (C=O) groups excluding carboxylic acids is 2. The zero-order valence-corrected chi connectivity index (χ0v) is 27.1. The smallest absolute Gasteiger partial charge is 0.355 e. The molecule has 244 valence electrons. The maximum atomic E-state index is 14.3. The van der Waals surface area contributed by atoms with Gasteiger partial charge in [-0.15, -0.1) is 11.3 Å². The lowest BCUT2D eigenvalue weighted by atomic mass is 9.93. The number of carbonyl (C=O) groups is 3. The summed E-state index contributed by atoms with van der Waals surface area (Å²) in [4.78, 5) is 44.8. The van der Waals surface area contributed by atoms with Gasteiger partial charge in [0.2, 0.25) is 0 Å². The molecule has 0 bridgehead atoms. The van der Waals surface area contributed by atoms with Gasteiger partial charge >= 0.3 is 5.97 Å². The van der Waals surface area contributed by atoms with Crippen molar-refractivity contribution in [1.29, 1.82) is 0 Å². The lowest BCUT2D eigenvalue weighted by molar-refractivity contribution is 0.0691. The van der Waals surface area contributed by atoms with E-state index in [0.717, 1.165) is 27.1 Å². The Kier molecular flexibility index (Phi) is 9.79. The fourth-order valence-corrected chi connectivity index (χ4v) is 6.44. The van der Waals surface area contributed by atoms with Crippen LogP contribution in [0.3, 0.4) is 0 Å². The summed E-state index contributed by atoms with van der Waals surface area (Å²) in [6, 6.07) is 23.4. The highest BCUT2D eigenvalue weighted by Gasteiger charge is 2.27. The molecule has 5 N–H and O–H groups in total. The number of benzene rings is 3. The molecule has 11 heteroatoms. The summed E-state index contributed by atoms with van der Waals surface area (Å²) in [7, 11) is 0. The van der Waals surface area contributed by atoms with E-state index in [2.05, 4.69) is 15.6 Å². The first-order chi connectivity index (χ1) is 23.4. The number of nitrogens with zero attached hydrogens (tertiary/aromatic N) is 1. The quantitative estimate of drug-likeness (QED) is 0.124. The predicted molar refractivity (Wildman–Crippen MR) is 185 cm³/mol. The SMILES string of the molecule is CCCNC(=O)c1ccc(-c2cc3c(cc2C(=O)Nc2ccc(CN)cc2OCc2ccccc2)-c2sccc2CCO3)c(C(=O)O)n1. The summed E-state index contributed by atoms with van der Waals surface area (Å²) < 4.78 is 12.3. The van der Waals surface area contributed by atoms with Crippen LogP contribution < -0.4 is 25.8 Å². The third kappa shape index (κ3) is 6.92. The summed E-state index contributed by atoms with van der Waals surface area (Å²) in [5, 5.41) is 18.0. The van der Waals surface area contributed by atoms with Crippen molar-refractivity contribution < 1.29 is 29.0 Å². The van der Waals surface area contributed by atoms with Crippen molar-refractivity contribution in [1.82, 2.24) is 10.3 Å². The molecule has 0 fully saturated rings. The normalized spacial score (nSPS) is 11.8. The average molecular weight is 663 g/mol. The summed E-state index contributed by atoms with van der Waals surface area (Å²) in [5.41, 5.74) is 10.2. The molecule has 6 rings (SSSR count). The Hall–Kier alpha value is -5.52. The van der Waals surface area contributed by atoms with Gasteiger partial charge in [-0.3, -0.25) is 9.59 Å². The Morgan fingerprint density at radius 3 is 2.56 bits per heavy atom. The van der Waals surface area contributed by atoms with Crippen LogP contribution in [0, 0.1) is 0 Å². The maximum absolute atomic E-state index is 14.3. The number of thiophene rings is 1. The van der Waals surface area contributed by atoms with Gasteiger partial charge in [0.15, 0.2) is 5.69 Å². The number of hydrogen-bond donors (Lipinski definition) is 4.